The van der Waals surface area contributed by atoms with Crippen molar-refractivity contribution in [2.24, 2.45) is 4.99 Å². The summed E-state index contributed by atoms with van der Waals surface area (Å²) in [4.78, 5) is 4.09. The Morgan fingerprint density at radius 2 is 1.61 bits per heavy atom. The highest BCUT2D eigenvalue weighted by Crippen LogP contribution is 1.78. The molecule has 2 N–H and O–H groups in total. The first-order valence-electron chi connectivity index (χ1n) is 5.85. The molecule has 0 saturated carbocycles. The van der Waals surface area contributed by atoms with Crippen LogP contribution in [-0.2, 0) is 14.2 Å². The molecule has 0 unspecified atom stereocenters. The number of methoxy groups -OCH3 is 2. The maximum absolute atomic E-state index is 5.32. The predicted octanol–water partition coefficient (Wildman–Crippen LogP) is 0.469. The lowest BCUT2D eigenvalue weighted by Gasteiger charge is -2.11. The Morgan fingerprint density at radius 1 is 0.944 bits per heavy atom. The van der Waals surface area contributed by atoms with Crippen molar-refractivity contribution in [2.75, 3.05) is 60.8 Å². The zero-order valence-corrected chi connectivity index (χ0v) is 13.9. The Kier molecular flexibility index (Phi) is 18.9. The number of nitrogens with one attached hydrogen (secondary N) is 2. The van der Waals surface area contributed by atoms with Gasteiger partial charge in [-0.05, 0) is 6.42 Å². The second-order valence-corrected chi connectivity index (χ2v) is 3.38. The molecule has 0 saturated heterocycles. The highest BCUT2D eigenvalue weighted by atomic mass is 127. The summed E-state index contributed by atoms with van der Waals surface area (Å²) < 4.78 is 15.2. The zero-order chi connectivity index (χ0) is 12.8. The molecule has 18 heavy (non-hydrogen) atoms. The second kappa shape index (κ2) is 16.9. The first-order valence-corrected chi connectivity index (χ1v) is 5.85. The maximum atomic E-state index is 5.32. The van der Waals surface area contributed by atoms with Crippen molar-refractivity contribution in [2.45, 2.75) is 6.42 Å². The molecular weight excluding hydrogens is 349 g/mol. The van der Waals surface area contributed by atoms with E-state index < -0.39 is 0 Å². The van der Waals surface area contributed by atoms with Crippen molar-refractivity contribution < 1.29 is 14.2 Å². The van der Waals surface area contributed by atoms with Crippen LogP contribution in [0.1, 0.15) is 6.42 Å². The smallest absolute Gasteiger partial charge is 0.191 e. The second-order valence-electron chi connectivity index (χ2n) is 3.38. The van der Waals surface area contributed by atoms with E-state index >= 15 is 0 Å². The van der Waals surface area contributed by atoms with E-state index in [1.807, 2.05) is 0 Å². The molecule has 0 amide bonds. The van der Waals surface area contributed by atoms with Crippen molar-refractivity contribution >= 4 is 29.9 Å². The summed E-state index contributed by atoms with van der Waals surface area (Å²) in [6, 6.07) is 0. The fourth-order valence-electron chi connectivity index (χ4n) is 1.13. The van der Waals surface area contributed by atoms with Crippen LogP contribution in [0.2, 0.25) is 0 Å². The van der Waals surface area contributed by atoms with Crippen molar-refractivity contribution in [1.82, 2.24) is 10.6 Å². The van der Waals surface area contributed by atoms with Crippen molar-refractivity contribution in [3.8, 4) is 0 Å². The lowest BCUT2D eigenvalue weighted by Crippen LogP contribution is -2.39. The van der Waals surface area contributed by atoms with Crippen molar-refractivity contribution in [3.05, 3.63) is 0 Å². The average Bonchev–Trinajstić information content (AvgIpc) is 2.36. The van der Waals surface area contributed by atoms with E-state index in [2.05, 4.69) is 15.6 Å². The van der Waals surface area contributed by atoms with Gasteiger partial charge in [0.05, 0.1) is 19.8 Å². The van der Waals surface area contributed by atoms with Gasteiger partial charge in [0.25, 0.3) is 0 Å². The summed E-state index contributed by atoms with van der Waals surface area (Å²) in [6.45, 7) is 4.22. The quantitative estimate of drug-likeness (QED) is 0.252. The maximum Gasteiger partial charge on any atom is 0.191 e. The molecule has 0 aliphatic heterocycles. The van der Waals surface area contributed by atoms with Crippen LogP contribution in [0.4, 0.5) is 0 Å². The summed E-state index contributed by atoms with van der Waals surface area (Å²) in [6.07, 6.45) is 0.960. The molecule has 7 heteroatoms. The van der Waals surface area contributed by atoms with Gasteiger partial charge in [0, 0.05) is 41.0 Å². The summed E-state index contributed by atoms with van der Waals surface area (Å²) >= 11 is 0. The molecule has 0 aromatic carbocycles. The minimum atomic E-state index is 0. The minimum absolute atomic E-state index is 0. The van der Waals surface area contributed by atoms with Gasteiger partial charge in [0.2, 0.25) is 0 Å². The normalized spacial score (nSPS) is 10.9. The molecule has 6 nitrogen and oxygen atoms in total. The summed E-state index contributed by atoms with van der Waals surface area (Å²) in [5.41, 5.74) is 0. The number of hydrogen-bond donors (Lipinski definition) is 2. The lowest BCUT2D eigenvalue weighted by atomic mass is 10.4. The number of hydrogen-bond acceptors (Lipinski definition) is 4. The van der Waals surface area contributed by atoms with Gasteiger partial charge in [0.1, 0.15) is 0 Å². The predicted molar refractivity (Wildman–Crippen MR) is 84.0 cm³/mol. The molecule has 0 spiro atoms. The van der Waals surface area contributed by atoms with Crippen LogP contribution in [0, 0.1) is 0 Å². The number of nitrogens with zero attached hydrogens (tertiary/aromatic N) is 1. The Hall–Kier alpha value is -0.120. The van der Waals surface area contributed by atoms with Gasteiger partial charge >= 0.3 is 0 Å². The molecule has 0 aromatic heterocycles. The molecule has 0 bridgehead atoms. The molecule has 0 aliphatic rings. The standard InChI is InChI=1S/C11H25N3O3.HI/c1-12-11(13-5-4-7-15-2)14-6-8-17-10-9-16-3;/h4-10H2,1-3H3,(H2,12,13,14);1H. The van der Waals surface area contributed by atoms with Crippen LogP contribution in [0.25, 0.3) is 0 Å². The third-order valence-corrected chi connectivity index (χ3v) is 2.01. The first kappa shape index (κ1) is 20.2. The average molecular weight is 375 g/mol. The van der Waals surface area contributed by atoms with Crippen LogP contribution >= 0.6 is 24.0 Å². The van der Waals surface area contributed by atoms with Crippen molar-refractivity contribution in [1.29, 1.82) is 0 Å². The highest BCUT2D eigenvalue weighted by Gasteiger charge is 1.96. The first-order chi connectivity index (χ1) is 8.35. The van der Waals surface area contributed by atoms with Gasteiger partial charge in [-0.15, -0.1) is 24.0 Å². The number of halogens is 1. The van der Waals surface area contributed by atoms with Crippen LogP contribution in [0.3, 0.4) is 0 Å². The van der Waals surface area contributed by atoms with Crippen LogP contribution < -0.4 is 10.6 Å². The fraction of sp³-hybridized carbons (Fsp3) is 0.909. The Morgan fingerprint density at radius 3 is 2.22 bits per heavy atom. The van der Waals surface area contributed by atoms with E-state index in [4.69, 9.17) is 14.2 Å². The van der Waals surface area contributed by atoms with Gasteiger partial charge in [0.15, 0.2) is 5.96 Å². The molecule has 0 aromatic rings. The molecule has 0 radical (unpaired) electrons. The Balaban J connectivity index is 0. The van der Waals surface area contributed by atoms with E-state index in [-0.39, 0.29) is 24.0 Å². The third kappa shape index (κ3) is 13.9. The zero-order valence-electron chi connectivity index (χ0n) is 11.5. The largest absolute Gasteiger partial charge is 0.385 e. The van der Waals surface area contributed by atoms with Gasteiger partial charge < -0.3 is 24.8 Å². The highest BCUT2D eigenvalue weighted by molar-refractivity contribution is 14.0. The molecule has 0 aliphatic carbocycles. The number of ether oxygens (including phenoxy) is 3. The van der Waals surface area contributed by atoms with E-state index in [0.29, 0.717) is 19.8 Å². The van der Waals surface area contributed by atoms with Gasteiger partial charge in [-0.25, -0.2) is 0 Å². The lowest BCUT2D eigenvalue weighted by molar-refractivity contribution is 0.0733. The van der Waals surface area contributed by atoms with E-state index in [1.165, 1.54) is 0 Å². The van der Waals surface area contributed by atoms with Crippen LogP contribution in [-0.4, -0.2) is 66.7 Å². The molecule has 110 valence electrons. The number of rotatable bonds is 10. The monoisotopic (exact) mass is 375 g/mol. The minimum Gasteiger partial charge on any atom is -0.385 e. The van der Waals surface area contributed by atoms with E-state index in [9.17, 15) is 0 Å². The van der Waals surface area contributed by atoms with E-state index in [0.717, 1.165) is 32.1 Å². The Bertz CT molecular complexity index is 194. The molecule has 0 atom stereocenters. The molecule has 0 rings (SSSR count). The molecule has 0 heterocycles. The molecule has 0 fully saturated rings. The third-order valence-electron chi connectivity index (χ3n) is 2.01. The van der Waals surface area contributed by atoms with Gasteiger partial charge in [-0.3, -0.25) is 4.99 Å². The van der Waals surface area contributed by atoms with Crippen molar-refractivity contribution in [3.63, 3.8) is 0 Å². The number of guanidine groups is 1. The van der Waals surface area contributed by atoms with E-state index in [1.54, 1.807) is 21.3 Å². The van der Waals surface area contributed by atoms with Crippen LogP contribution in [0.15, 0.2) is 4.99 Å². The SMILES string of the molecule is CN=C(NCCCOC)NCCOCCOC.I. The van der Waals surface area contributed by atoms with Gasteiger partial charge in [-0.1, -0.05) is 0 Å². The summed E-state index contributed by atoms with van der Waals surface area (Å²) in [5.74, 6) is 0.788. The topological polar surface area (TPSA) is 64.1 Å². The molecular formula is C11H26IN3O3. The van der Waals surface area contributed by atoms with Crippen LogP contribution in [0.5, 0.6) is 0 Å². The number of aliphatic imine (C=N–C) groups is 1. The van der Waals surface area contributed by atoms with Gasteiger partial charge in [-0.2, -0.15) is 0 Å². The summed E-state index contributed by atoms with van der Waals surface area (Å²) in [7, 11) is 5.11. The fourth-order valence-corrected chi connectivity index (χ4v) is 1.13. The Labute approximate surface area is 127 Å². The summed E-state index contributed by atoms with van der Waals surface area (Å²) in [5, 5.41) is 6.34.